The Balaban J connectivity index is 1.56. The number of amides is 2. The van der Waals surface area contributed by atoms with Crippen LogP contribution in [0.1, 0.15) is 67.0 Å². The first kappa shape index (κ1) is 35.4. The van der Waals surface area contributed by atoms with Crippen LogP contribution in [0.5, 0.6) is 0 Å². The first-order valence-electron chi connectivity index (χ1n) is 14.5. The molecular formula is C29H43N3O11S. The number of carbonyl (C=O) groups is 3. The predicted octanol–water partition coefficient (Wildman–Crippen LogP) is 2.63. The number of carbonyl (C=O) groups excluding carboxylic acids is 3. The van der Waals surface area contributed by atoms with Crippen LogP contribution in [0, 0.1) is 5.92 Å². The van der Waals surface area contributed by atoms with Crippen LogP contribution in [0.4, 0.5) is 4.79 Å². The zero-order valence-electron chi connectivity index (χ0n) is 26.1. The monoisotopic (exact) mass is 641 g/mol. The van der Waals surface area contributed by atoms with Crippen molar-refractivity contribution in [3.63, 3.8) is 0 Å². The van der Waals surface area contributed by atoms with Crippen LogP contribution in [-0.2, 0) is 47.8 Å². The largest absolute Gasteiger partial charge is 0.462 e. The maximum atomic E-state index is 12.9. The normalized spacial score (nSPS) is 24.3. The molecule has 14 nitrogen and oxygen atoms in total. The average molecular weight is 642 g/mol. The molecule has 6 atom stereocenters. The molecule has 0 radical (unpaired) electrons. The highest BCUT2D eigenvalue weighted by Gasteiger charge is 2.55. The number of rotatable bonds is 13. The van der Waals surface area contributed by atoms with Crippen molar-refractivity contribution in [2.75, 3.05) is 13.2 Å². The fourth-order valence-electron chi connectivity index (χ4n) is 4.60. The number of fused-ring (bicyclic) bond motifs is 1. The zero-order valence-corrected chi connectivity index (χ0v) is 26.9. The van der Waals surface area contributed by atoms with E-state index in [9.17, 15) is 22.8 Å². The summed E-state index contributed by atoms with van der Waals surface area (Å²) in [6.07, 6.45) is 1.55. The number of nitrogens with one attached hydrogen (secondary N) is 2. The Hall–Kier alpha value is -3.11. The van der Waals surface area contributed by atoms with Gasteiger partial charge in [0.15, 0.2) is 5.79 Å². The minimum Gasteiger partial charge on any atom is -0.462 e. The van der Waals surface area contributed by atoms with E-state index in [1.165, 1.54) is 12.2 Å². The molecule has 3 heterocycles. The van der Waals surface area contributed by atoms with Crippen LogP contribution in [0.2, 0.25) is 0 Å². The summed E-state index contributed by atoms with van der Waals surface area (Å²) in [6, 6.07) is 4.11. The Labute approximate surface area is 258 Å². The van der Waals surface area contributed by atoms with Gasteiger partial charge < -0.3 is 29.0 Å². The molecule has 2 fully saturated rings. The van der Waals surface area contributed by atoms with E-state index in [1.807, 2.05) is 4.72 Å². The maximum Gasteiger partial charge on any atom is 0.408 e. The Morgan fingerprint density at radius 3 is 2.43 bits per heavy atom. The van der Waals surface area contributed by atoms with Gasteiger partial charge in [-0.25, -0.2) is 14.3 Å². The molecule has 2 saturated heterocycles. The van der Waals surface area contributed by atoms with E-state index in [0.717, 1.165) is 0 Å². The number of hydrogen-bond acceptors (Lipinski definition) is 12. The third-order valence-corrected chi connectivity index (χ3v) is 7.65. The van der Waals surface area contributed by atoms with Gasteiger partial charge >= 0.3 is 22.4 Å². The van der Waals surface area contributed by atoms with Crippen molar-refractivity contribution in [1.82, 2.24) is 15.0 Å². The number of alkyl carbamates (subject to hydrolysis) is 1. The highest BCUT2D eigenvalue weighted by Crippen LogP contribution is 2.40. The van der Waals surface area contributed by atoms with Gasteiger partial charge in [0.05, 0.1) is 25.0 Å². The third-order valence-electron chi connectivity index (χ3n) is 6.75. The maximum absolute atomic E-state index is 12.9. The third kappa shape index (κ3) is 10.8. The van der Waals surface area contributed by atoms with Crippen LogP contribution in [0.15, 0.2) is 30.5 Å². The SMILES string of the molecule is CCC(C)C(NC(=O)OC(C)(C)C)C(=O)NS(=O)(=O)OCC1OC(CCOC(=O)C=Cc2ccccn2)C2OC(C)(C)OC12. The summed E-state index contributed by atoms with van der Waals surface area (Å²) < 4.78 is 60.9. The summed E-state index contributed by atoms with van der Waals surface area (Å²) in [5, 5.41) is 2.43. The van der Waals surface area contributed by atoms with E-state index < -0.39 is 82.6 Å². The second-order valence-corrected chi connectivity index (χ2v) is 13.4. The van der Waals surface area contributed by atoms with Gasteiger partial charge in [0.1, 0.15) is 30.0 Å². The standard InChI is InChI=1S/C29H43N3O11S/c1-8-18(2)23(31-27(35)43-28(3,4)5)26(34)32-44(36,37)39-17-21-25-24(41-29(6,7)42-25)20(40-21)14-16-38-22(33)13-12-19-11-9-10-15-30-19/h9-13,15,18,20-21,23-25H,8,14,16-17H2,1-7H3,(H,31,35)(H,32,34). The van der Waals surface area contributed by atoms with Gasteiger partial charge in [-0.15, -0.1) is 0 Å². The van der Waals surface area contributed by atoms with E-state index in [-0.39, 0.29) is 13.0 Å². The van der Waals surface area contributed by atoms with Gasteiger partial charge in [0.25, 0.3) is 5.91 Å². The summed E-state index contributed by atoms with van der Waals surface area (Å²) in [5.41, 5.74) is -0.208. The van der Waals surface area contributed by atoms with Crippen molar-refractivity contribution in [1.29, 1.82) is 0 Å². The van der Waals surface area contributed by atoms with Crippen LogP contribution < -0.4 is 10.0 Å². The summed E-state index contributed by atoms with van der Waals surface area (Å²) in [5.74, 6) is -2.92. The summed E-state index contributed by atoms with van der Waals surface area (Å²) in [7, 11) is -4.61. The van der Waals surface area contributed by atoms with Gasteiger partial charge in [-0.2, -0.15) is 8.42 Å². The molecule has 6 unspecified atom stereocenters. The molecule has 1 aromatic rings. The molecule has 2 aliphatic rings. The van der Waals surface area contributed by atoms with Gasteiger partial charge in [0.2, 0.25) is 0 Å². The van der Waals surface area contributed by atoms with E-state index in [1.54, 1.807) is 72.9 Å². The van der Waals surface area contributed by atoms with Gasteiger partial charge in [-0.05, 0) is 58.7 Å². The Kier molecular flexibility index (Phi) is 11.9. The number of hydrogen-bond donors (Lipinski definition) is 2. The quantitative estimate of drug-likeness (QED) is 0.238. The molecule has 44 heavy (non-hydrogen) atoms. The first-order chi connectivity index (χ1) is 20.5. The summed E-state index contributed by atoms with van der Waals surface area (Å²) >= 11 is 0. The van der Waals surface area contributed by atoms with Crippen molar-refractivity contribution in [3.05, 3.63) is 36.2 Å². The number of esters is 1. The smallest absolute Gasteiger partial charge is 0.408 e. The first-order valence-corrected chi connectivity index (χ1v) is 15.9. The highest BCUT2D eigenvalue weighted by molar-refractivity contribution is 7.85. The second-order valence-electron chi connectivity index (χ2n) is 12.0. The molecule has 0 saturated carbocycles. The van der Waals surface area contributed by atoms with Gasteiger partial charge in [0, 0.05) is 18.7 Å². The van der Waals surface area contributed by atoms with Crippen molar-refractivity contribution in [3.8, 4) is 0 Å². The number of aromatic nitrogens is 1. The molecule has 0 aliphatic carbocycles. The molecule has 246 valence electrons. The minimum absolute atomic E-state index is 0.00660. The molecule has 0 spiro atoms. The summed E-state index contributed by atoms with van der Waals surface area (Å²) in [6.45, 7) is 11.4. The fraction of sp³-hybridized carbons (Fsp3) is 0.655. The minimum atomic E-state index is -4.61. The number of nitrogens with zero attached hydrogens (tertiary/aromatic N) is 1. The topological polar surface area (TPSA) is 178 Å². The van der Waals surface area contributed by atoms with Gasteiger partial charge in [-0.3, -0.25) is 14.0 Å². The molecule has 0 aromatic carbocycles. The Morgan fingerprint density at radius 2 is 1.82 bits per heavy atom. The summed E-state index contributed by atoms with van der Waals surface area (Å²) in [4.78, 5) is 41.4. The van der Waals surface area contributed by atoms with E-state index in [4.69, 9.17) is 27.9 Å². The molecule has 0 bridgehead atoms. The van der Waals surface area contributed by atoms with Crippen molar-refractivity contribution >= 4 is 34.3 Å². The molecule has 1 aromatic heterocycles. The lowest BCUT2D eigenvalue weighted by Gasteiger charge is -2.26. The van der Waals surface area contributed by atoms with Crippen molar-refractivity contribution in [2.24, 2.45) is 5.92 Å². The molecular weight excluding hydrogens is 598 g/mol. The van der Waals surface area contributed by atoms with E-state index in [0.29, 0.717) is 12.1 Å². The zero-order chi connectivity index (χ0) is 32.7. The molecule has 3 rings (SSSR count). The Morgan fingerprint density at radius 1 is 1.14 bits per heavy atom. The van der Waals surface area contributed by atoms with Crippen LogP contribution in [-0.4, -0.2) is 86.4 Å². The van der Waals surface area contributed by atoms with Crippen LogP contribution in [0.3, 0.4) is 0 Å². The van der Waals surface area contributed by atoms with Gasteiger partial charge in [-0.1, -0.05) is 26.3 Å². The number of pyridine rings is 1. The fourth-order valence-corrected chi connectivity index (χ4v) is 5.34. The molecule has 15 heteroatoms. The van der Waals surface area contributed by atoms with Crippen LogP contribution in [0.25, 0.3) is 6.08 Å². The van der Waals surface area contributed by atoms with Crippen LogP contribution >= 0.6 is 0 Å². The lowest BCUT2D eigenvalue weighted by atomic mass is 9.99. The number of ether oxygens (including phenoxy) is 5. The molecule has 2 N–H and O–H groups in total. The van der Waals surface area contributed by atoms with E-state index >= 15 is 0 Å². The highest BCUT2D eigenvalue weighted by atomic mass is 32.2. The average Bonchev–Trinajstić information content (AvgIpc) is 3.41. The van der Waals surface area contributed by atoms with E-state index in [2.05, 4.69) is 10.3 Å². The Bertz CT molecular complexity index is 1280. The molecule has 2 amide bonds. The lowest BCUT2D eigenvalue weighted by Crippen LogP contribution is -2.52. The molecule has 2 aliphatic heterocycles. The lowest BCUT2D eigenvalue weighted by molar-refractivity contribution is -0.191. The van der Waals surface area contributed by atoms with Crippen molar-refractivity contribution < 1.29 is 50.7 Å². The second kappa shape index (κ2) is 14.8. The van der Waals surface area contributed by atoms with Crippen molar-refractivity contribution in [2.45, 2.75) is 103 Å². The predicted molar refractivity (Wildman–Crippen MR) is 157 cm³/mol.